The molecule has 0 saturated carbocycles. The number of fused-ring (bicyclic) bond motifs is 1. The monoisotopic (exact) mass is 374 g/mol. The lowest BCUT2D eigenvalue weighted by atomic mass is 10.2. The molecule has 2 aromatic carbocycles. The molecule has 0 fully saturated rings. The summed E-state index contributed by atoms with van der Waals surface area (Å²) >= 11 is 0. The van der Waals surface area contributed by atoms with Gasteiger partial charge in [0, 0.05) is 24.1 Å². The topological polar surface area (TPSA) is 69.6 Å². The predicted molar refractivity (Wildman–Crippen MR) is 94.0 cm³/mol. The van der Waals surface area contributed by atoms with E-state index in [1.165, 1.54) is 30.3 Å². The Bertz CT molecular complexity index is 1050. The van der Waals surface area contributed by atoms with Crippen LogP contribution in [0.25, 0.3) is 5.69 Å². The Morgan fingerprint density at radius 1 is 0.962 bits per heavy atom. The Balaban J connectivity index is 1.67. The van der Waals surface area contributed by atoms with Gasteiger partial charge in [0.05, 0.1) is 10.6 Å². The van der Waals surface area contributed by atoms with E-state index >= 15 is 0 Å². The van der Waals surface area contributed by atoms with Crippen LogP contribution >= 0.6 is 0 Å². The summed E-state index contributed by atoms with van der Waals surface area (Å²) in [6.07, 6.45) is 3.57. The van der Waals surface area contributed by atoms with E-state index in [1.54, 1.807) is 23.0 Å². The minimum Gasteiger partial charge on any atom is -0.486 e. The fourth-order valence-corrected chi connectivity index (χ4v) is 3.73. The number of rotatable bonds is 4. The quantitative estimate of drug-likeness (QED) is 0.762. The summed E-state index contributed by atoms with van der Waals surface area (Å²) in [5.74, 6) is 0.165. The van der Waals surface area contributed by atoms with Crippen molar-refractivity contribution in [2.24, 2.45) is 0 Å². The van der Waals surface area contributed by atoms with E-state index < -0.39 is 15.8 Å². The Hall–Kier alpha value is -3.00. The van der Waals surface area contributed by atoms with Gasteiger partial charge in [-0.3, -0.25) is 4.72 Å². The number of aromatic nitrogens is 1. The van der Waals surface area contributed by atoms with Crippen LogP contribution in [-0.2, 0) is 10.0 Å². The standard InChI is InChI=1S/C18H15FN2O4S/c19-15-5-3-13(21-7-1-2-8-21)11-16(15)20-26(22,23)14-4-6-17-18(12-14)25-10-9-24-17/h1-8,11-12,20H,9-10H2. The molecule has 0 saturated heterocycles. The number of sulfonamides is 1. The molecule has 8 heteroatoms. The van der Waals surface area contributed by atoms with E-state index in [-0.39, 0.29) is 10.6 Å². The lowest BCUT2D eigenvalue weighted by Crippen LogP contribution is -2.17. The van der Waals surface area contributed by atoms with Crippen molar-refractivity contribution in [1.82, 2.24) is 4.57 Å². The second-order valence-electron chi connectivity index (χ2n) is 5.67. The summed E-state index contributed by atoms with van der Waals surface area (Å²) in [4.78, 5) is -0.0347. The predicted octanol–water partition coefficient (Wildman–Crippen LogP) is 3.19. The van der Waals surface area contributed by atoms with Gasteiger partial charge in [-0.1, -0.05) is 0 Å². The molecular weight excluding hydrogens is 359 g/mol. The third-order valence-electron chi connectivity index (χ3n) is 3.92. The SMILES string of the molecule is O=S(=O)(Nc1cc(-n2cccc2)ccc1F)c1ccc2c(c1)OCCO2. The number of benzene rings is 2. The molecule has 0 aliphatic carbocycles. The first kappa shape index (κ1) is 16.5. The molecule has 3 aromatic rings. The molecule has 26 heavy (non-hydrogen) atoms. The average Bonchev–Trinajstić information content (AvgIpc) is 3.18. The van der Waals surface area contributed by atoms with Gasteiger partial charge in [-0.25, -0.2) is 12.8 Å². The Morgan fingerprint density at radius 2 is 1.69 bits per heavy atom. The number of halogens is 1. The summed E-state index contributed by atoms with van der Waals surface area (Å²) in [6, 6.07) is 12.1. The summed E-state index contributed by atoms with van der Waals surface area (Å²) < 4.78 is 54.3. The van der Waals surface area contributed by atoms with Crippen molar-refractivity contribution < 1.29 is 22.3 Å². The highest BCUT2D eigenvalue weighted by Gasteiger charge is 2.21. The lowest BCUT2D eigenvalue weighted by Gasteiger charge is -2.19. The zero-order valence-corrected chi connectivity index (χ0v) is 14.4. The first-order valence-electron chi connectivity index (χ1n) is 7.88. The van der Waals surface area contributed by atoms with Crippen molar-refractivity contribution in [3.63, 3.8) is 0 Å². The number of nitrogens with zero attached hydrogens (tertiary/aromatic N) is 1. The summed E-state index contributed by atoms with van der Waals surface area (Å²) in [5, 5.41) is 0. The van der Waals surface area contributed by atoms with E-state index in [0.29, 0.717) is 30.4 Å². The zero-order chi connectivity index (χ0) is 18.1. The summed E-state index contributed by atoms with van der Waals surface area (Å²) in [6.45, 7) is 0.756. The summed E-state index contributed by atoms with van der Waals surface area (Å²) in [5.41, 5.74) is 0.502. The van der Waals surface area contributed by atoms with Gasteiger partial charge in [-0.2, -0.15) is 0 Å². The molecule has 0 radical (unpaired) electrons. The molecule has 134 valence electrons. The lowest BCUT2D eigenvalue weighted by molar-refractivity contribution is 0.171. The van der Waals surface area contributed by atoms with E-state index in [1.807, 2.05) is 12.1 Å². The molecule has 0 amide bonds. The first-order chi connectivity index (χ1) is 12.5. The van der Waals surface area contributed by atoms with Gasteiger partial charge >= 0.3 is 0 Å². The molecule has 0 bridgehead atoms. The molecule has 1 aliphatic rings. The third-order valence-corrected chi connectivity index (χ3v) is 5.28. The maximum absolute atomic E-state index is 14.1. The second kappa shape index (κ2) is 6.38. The van der Waals surface area contributed by atoms with Crippen molar-refractivity contribution >= 4 is 15.7 Å². The van der Waals surface area contributed by atoms with Crippen LogP contribution in [0.5, 0.6) is 11.5 Å². The van der Waals surface area contributed by atoms with Gasteiger partial charge in [-0.05, 0) is 42.5 Å². The van der Waals surface area contributed by atoms with Crippen molar-refractivity contribution in [3.8, 4) is 17.2 Å². The molecule has 4 rings (SSSR count). The van der Waals surface area contributed by atoms with E-state index in [0.717, 1.165) is 0 Å². The summed E-state index contributed by atoms with van der Waals surface area (Å²) in [7, 11) is -3.99. The number of hydrogen-bond donors (Lipinski definition) is 1. The van der Waals surface area contributed by atoms with E-state index in [2.05, 4.69) is 4.72 Å². The van der Waals surface area contributed by atoms with Crippen LogP contribution in [0.3, 0.4) is 0 Å². The number of ether oxygens (including phenoxy) is 2. The van der Waals surface area contributed by atoms with Crippen molar-refractivity contribution in [2.75, 3.05) is 17.9 Å². The smallest absolute Gasteiger partial charge is 0.262 e. The number of anilines is 1. The molecule has 6 nitrogen and oxygen atoms in total. The van der Waals surface area contributed by atoms with Crippen LogP contribution in [0.15, 0.2) is 65.8 Å². The molecule has 0 unspecified atom stereocenters. The Morgan fingerprint density at radius 3 is 2.46 bits per heavy atom. The van der Waals surface area contributed by atoms with Crippen molar-refractivity contribution in [1.29, 1.82) is 0 Å². The van der Waals surface area contributed by atoms with Crippen molar-refractivity contribution in [3.05, 3.63) is 66.7 Å². The Labute approximate surface area is 149 Å². The largest absolute Gasteiger partial charge is 0.486 e. The average molecular weight is 374 g/mol. The van der Waals surface area contributed by atoms with Crippen LogP contribution in [0, 0.1) is 5.82 Å². The van der Waals surface area contributed by atoms with Gasteiger partial charge in [0.2, 0.25) is 0 Å². The molecule has 1 aromatic heterocycles. The molecule has 1 N–H and O–H groups in total. The van der Waals surface area contributed by atoms with E-state index in [4.69, 9.17) is 9.47 Å². The van der Waals surface area contributed by atoms with Crippen LogP contribution in [0.4, 0.5) is 10.1 Å². The Kier molecular flexibility index (Phi) is 4.04. The van der Waals surface area contributed by atoms with Gasteiger partial charge in [0.15, 0.2) is 11.5 Å². The molecule has 0 atom stereocenters. The zero-order valence-electron chi connectivity index (χ0n) is 13.6. The van der Waals surface area contributed by atoms with Gasteiger partial charge in [-0.15, -0.1) is 0 Å². The molecular formula is C18H15FN2O4S. The van der Waals surface area contributed by atoms with Gasteiger partial charge < -0.3 is 14.0 Å². The minimum absolute atomic E-state index is 0.0347. The van der Waals surface area contributed by atoms with Crippen molar-refractivity contribution in [2.45, 2.75) is 4.90 Å². The van der Waals surface area contributed by atoms with Crippen LogP contribution < -0.4 is 14.2 Å². The minimum atomic E-state index is -3.99. The fourth-order valence-electron chi connectivity index (χ4n) is 2.65. The normalized spacial score (nSPS) is 13.4. The van der Waals surface area contributed by atoms with Crippen LogP contribution in [0.2, 0.25) is 0 Å². The highest BCUT2D eigenvalue weighted by atomic mass is 32.2. The fraction of sp³-hybridized carbons (Fsp3) is 0.111. The highest BCUT2D eigenvalue weighted by Crippen LogP contribution is 2.33. The molecule has 2 heterocycles. The number of nitrogens with one attached hydrogen (secondary N) is 1. The van der Waals surface area contributed by atoms with Gasteiger partial charge in [0.25, 0.3) is 10.0 Å². The second-order valence-corrected chi connectivity index (χ2v) is 7.35. The maximum atomic E-state index is 14.1. The number of hydrogen-bond acceptors (Lipinski definition) is 4. The van der Waals surface area contributed by atoms with Crippen LogP contribution in [-0.4, -0.2) is 26.2 Å². The maximum Gasteiger partial charge on any atom is 0.262 e. The molecule has 0 spiro atoms. The van der Waals surface area contributed by atoms with E-state index in [9.17, 15) is 12.8 Å². The first-order valence-corrected chi connectivity index (χ1v) is 9.37. The van der Waals surface area contributed by atoms with Crippen LogP contribution in [0.1, 0.15) is 0 Å². The highest BCUT2D eigenvalue weighted by molar-refractivity contribution is 7.92. The third kappa shape index (κ3) is 3.11. The molecule has 1 aliphatic heterocycles. The van der Waals surface area contributed by atoms with Gasteiger partial charge in [0.1, 0.15) is 19.0 Å².